The summed E-state index contributed by atoms with van der Waals surface area (Å²) in [7, 11) is -5.72. The predicted octanol–water partition coefficient (Wildman–Crippen LogP) is 3.33. The molecular weight excluding hydrogens is 389 g/mol. The van der Waals surface area contributed by atoms with Crippen LogP contribution in [0.1, 0.15) is 25.8 Å². The van der Waals surface area contributed by atoms with E-state index in [1.165, 1.54) is 6.08 Å². The van der Waals surface area contributed by atoms with Gasteiger partial charge in [-0.2, -0.15) is 21.6 Å². The minimum Gasteiger partial charge on any atom is -0.489 e. The standard InChI is InChI=1S/C17H19F3O6S/c1-3-24-16(21)9-12-6-4-5-7-14(12)25-15-10-13(8-11(15)2)26-27(22,23)17(18,19)20/h4-8,11,15H,3,9-10H2,1-2H3/t11?,15-/m1/s1. The molecule has 0 spiro atoms. The van der Waals surface area contributed by atoms with Crippen LogP contribution in [-0.4, -0.2) is 32.6 Å². The van der Waals surface area contributed by atoms with E-state index in [-0.39, 0.29) is 31.1 Å². The van der Waals surface area contributed by atoms with Crippen LogP contribution in [0.3, 0.4) is 0 Å². The average molecular weight is 408 g/mol. The van der Waals surface area contributed by atoms with E-state index in [1.54, 1.807) is 38.1 Å². The minimum atomic E-state index is -5.72. The second kappa shape index (κ2) is 8.20. The number of hydrogen-bond acceptors (Lipinski definition) is 6. The molecule has 2 rings (SSSR count). The molecule has 2 atom stereocenters. The van der Waals surface area contributed by atoms with E-state index in [0.29, 0.717) is 11.3 Å². The van der Waals surface area contributed by atoms with Crippen LogP contribution in [0.2, 0.25) is 0 Å². The fourth-order valence-corrected chi connectivity index (χ4v) is 3.05. The van der Waals surface area contributed by atoms with Crippen LogP contribution < -0.4 is 4.74 Å². The fraction of sp³-hybridized carbons (Fsp3) is 0.471. The normalized spacial score (nSPS) is 20.1. The van der Waals surface area contributed by atoms with Gasteiger partial charge in [-0.15, -0.1) is 0 Å². The first-order valence-electron chi connectivity index (χ1n) is 8.15. The van der Waals surface area contributed by atoms with Crippen molar-refractivity contribution in [2.45, 2.75) is 38.3 Å². The second-order valence-electron chi connectivity index (χ2n) is 5.93. The first-order chi connectivity index (χ1) is 12.5. The molecule has 1 aliphatic carbocycles. The monoisotopic (exact) mass is 408 g/mol. The zero-order valence-corrected chi connectivity index (χ0v) is 15.5. The number of ether oxygens (including phenoxy) is 2. The lowest BCUT2D eigenvalue weighted by molar-refractivity contribution is -0.142. The summed E-state index contributed by atoms with van der Waals surface area (Å²) in [5.41, 5.74) is -4.94. The SMILES string of the molecule is CCOC(=O)Cc1ccccc1O[C@@H]1CC(OS(=O)(=O)C(F)(F)F)=CC1C. The summed E-state index contributed by atoms with van der Waals surface area (Å²) in [5, 5.41) is 0. The van der Waals surface area contributed by atoms with Crippen molar-refractivity contribution in [1.29, 1.82) is 0 Å². The highest BCUT2D eigenvalue weighted by Gasteiger charge is 2.49. The molecular formula is C17H19F3O6S. The largest absolute Gasteiger partial charge is 0.534 e. The van der Waals surface area contributed by atoms with E-state index in [9.17, 15) is 26.4 Å². The molecule has 1 aromatic rings. The summed E-state index contributed by atoms with van der Waals surface area (Å²) in [4.78, 5) is 11.7. The third kappa shape index (κ3) is 5.38. The third-order valence-electron chi connectivity index (χ3n) is 3.83. The maximum absolute atomic E-state index is 12.4. The zero-order chi connectivity index (χ0) is 20.2. The van der Waals surface area contributed by atoms with Gasteiger partial charge in [-0.1, -0.05) is 25.1 Å². The second-order valence-corrected chi connectivity index (χ2v) is 7.46. The molecule has 0 bridgehead atoms. The highest BCUT2D eigenvalue weighted by atomic mass is 32.2. The Kier molecular flexibility index (Phi) is 6.40. The summed E-state index contributed by atoms with van der Waals surface area (Å²) < 4.78 is 74.5. The van der Waals surface area contributed by atoms with Gasteiger partial charge in [0.05, 0.1) is 13.0 Å². The molecule has 0 saturated heterocycles. The summed E-state index contributed by atoms with van der Waals surface area (Å²) in [6, 6.07) is 6.68. The number of benzene rings is 1. The van der Waals surface area contributed by atoms with Crippen molar-refractivity contribution in [2.24, 2.45) is 5.92 Å². The minimum absolute atomic E-state index is 0.0235. The Labute approximate surface area is 155 Å². The summed E-state index contributed by atoms with van der Waals surface area (Å²) in [6.45, 7) is 3.58. The number of carbonyl (C=O) groups is 1. The number of esters is 1. The molecule has 0 aliphatic heterocycles. The van der Waals surface area contributed by atoms with Crippen LogP contribution in [0.15, 0.2) is 36.1 Å². The third-order valence-corrected chi connectivity index (χ3v) is 4.83. The lowest BCUT2D eigenvalue weighted by atomic mass is 10.1. The molecule has 0 saturated carbocycles. The van der Waals surface area contributed by atoms with Gasteiger partial charge in [-0.3, -0.25) is 4.79 Å². The van der Waals surface area contributed by atoms with E-state index >= 15 is 0 Å². The molecule has 1 unspecified atom stereocenters. The number of rotatable bonds is 7. The number of alkyl halides is 3. The number of hydrogen-bond donors (Lipinski definition) is 0. The van der Waals surface area contributed by atoms with Gasteiger partial charge < -0.3 is 13.7 Å². The van der Waals surface area contributed by atoms with Gasteiger partial charge in [0.1, 0.15) is 17.6 Å². The Bertz CT molecular complexity index is 816. The summed E-state index contributed by atoms with van der Waals surface area (Å²) in [6.07, 6.45) is 0.475. The van der Waals surface area contributed by atoms with Gasteiger partial charge in [-0.25, -0.2) is 0 Å². The average Bonchev–Trinajstić information content (AvgIpc) is 2.87. The van der Waals surface area contributed by atoms with E-state index in [0.717, 1.165) is 0 Å². The summed E-state index contributed by atoms with van der Waals surface area (Å²) in [5.74, 6) is -0.783. The quantitative estimate of drug-likeness (QED) is 0.391. The van der Waals surface area contributed by atoms with Crippen molar-refractivity contribution < 1.29 is 40.0 Å². The first-order valence-corrected chi connectivity index (χ1v) is 9.56. The number of carbonyl (C=O) groups excluding carboxylic acids is 1. The molecule has 0 aromatic heterocycles. The van der Waals surface area contributed by atoms with Crippen molar-refractivity contribution in [3.63, 3.8) is 0 Å². The van der Waals surface area contributed by atoms with E-state index in [4.69, 9.17) is 9.47 Å². The van der Waals surface area contributed by atoms with Gasteiger partial charge in [0, 0.05) is 17.9 Å². The molecule has 0 heterocycles. The molecule has 1 aromatic carbocycles. The topological polar surface area (TPSA) is 78.9 Å². The van der Waals surface area contributed by atoms with Crippen LogP contribution in [0, 0.1) is 5.92 Å². The fourth-order valence-electron chi connectivity index (χ4n) is 2.55. The Morgan fingerprint density at radius 2 is 1.93 bits per heavy atom. The maximum Gasteiger partial charge on any atom is 0.534 e. The van der Waals surface area contributed by atoms with Crippen LogP contribution >= 0.6 is 0 Å². The predicted molar refractivity (Wildman–Crippen MR) is 89.1 cm³/mol. The van der Waals surface area contributed by atoms with E-state index in [2.05, 4.69) is 4.18 Å². The number of halogens is 3. The highest BCUT2D eigenvalue weighted by molar-refractivity contribution is 7.87. The van der Waals surface area contributed by atoms with Crippen molar-refractivity contribution in [2.75, 3.05) is 6.61 Å². The number of para-hydroxylation sites is 1. The molecule has 27 heavy (non-hydrogen) atoms. The maximum atomic E-state index is 12.4. The first kappa shape index (κ1) is 21.1. The van der Waals surface area contributed by atoms with Crippen LogP contribution in [-0.2, 0) is 30.3 Å². The smallest absolute Gasteiger partial charge is 0.489 e. The molecule has 0 fully saturated rings. The van der Waals surface area contributed by atoms with Crippen LogP contribution in [0.5, 0.6) is 5.75 Å². The van der Waals surface area contributed by atoms with Gasteiger partial charge in [0.15, 0.2) is 0 Å². The molecule has 150 valence electrons. The molecule has 10 heteroatoms. The molecule has 0 radical (unpaired) electrons. The van der Waals surface area contributed by atoms with Gasteiger partial charge in [0.25, 0.3) is 0 Å². The van der Waals surface area contributed by atoms with Crippen LogP contribution in [0.4, 0.5) is 13.2 Å². The van der Waals surface area contributed by atoms with Gasteiger partial charge in [0.2, 0.25) is 0 Å². The molecule has 0 amide bonds. The van der Waals surface area contributed by atoms with Crippen LogP contribution in [0.25, 0.3) is 0 Å². The van der Waals surface area contributed by atoms with Gasteiger partial charge >= 0.3 is 21.6 Å². The van der Waals surface area contributed by atoms with Gasteiger partial charge in [-0.05, 0) is 19.1 Å². The highest BCUT2D eigenvalue weighted by Crippen LogP contribution is 2.34. The Morgan fingerprint density at radius 1 is 1.26 bits per heavy atom. The molecule has 6 nitrogen and oxygen atoms in total. The van der Waals surface area contributed by atoms with Crippen molar-refractivity contribution >= 4 is 16.1 Å². The van der Waals surface area contributed by atoms with Crippen molar-refractivity contribution in [1.82, 2.24) is 0 Å². The zero-order valence-electron chi connectivity index (χ0n) is 14.7. The van der Waals surface area contributed by atoms with E-state index in [1.807, 2.05) is 0 Å². The summed E-state index contributed by atoms with van der Waals surface area (Å²) >= 11 is 0. The molecule has 0 N–H and O–H groups in total. The van der Waals surface area contributed by atoms with Crippen molar-refractivity contribution in [3.05, 3.63) is 41.7 Å². The molecule has 1 aliphatic rings. The lowest BCUT2D eigenvalue weighted by Gasteiger charge is -2.20. The Balaban J connectivity index is 2.07. The van der Waals surface area contributed by atoms with Crippen molar-refractivity contribution in [3.8, 4) is 5.75 Å². The lowest BCUT2D eigenvalue weighted by Crippen LogP contribution is -2.26. The Morgan fingerprint density at radius 3 is 2.56 bits per heavy atom. The Hall–Kier alpha value is -2.23. The van der Waals surface area contributed by atoms with E-state index < -0.39 is 27.7 Å².